The molecule has 0 unspecified atom stereocenters. The van der Waals surface area contributed by atoms with Crippen molar-refractivity contribution in [3.8, 4) is 0 Å². The van der Waals surface area contributed by atoms with Crippen molar-refractivity contribution in [2.75, 3.05) is 13.1 Å². The van der Waals surface area contributed by atoms with Crippen LogP contribution in [0.5, 0.6) is 0 Å². The van der Waals surface area contributed by atoms with Crippen LogP contribution in [0, 0.1) is 6.92 Å². The van der Waals surface area contributed by atoms with Crippen LogP contribution in [0.1, 0.15) is 23.1 Å². The number of aryl methyl sites for hydroxylation is 2. The molecule has 0 bridgehead atoms. The lowest BCUT2D eigenvalue weighted by atomic mass is 10.1. The van der Waals surface area contributed by atoms with Crippen LogP contribution in [0.15, 0.2) is 6.07 Å². The average Bonchev–Trinajstić information content (AvgIpc) is 2.53. The zero-order valence-corrected chi connectivity index (χ0v) is 8.97. The number of aliphatic hydroxyl groups is 1. The number of nitrogens with zero attached hydrogens (tertiary/aromatic N) is 3. The van der Waals surface area contributed by atoms with E-state index in [1.807, 2.05) is 13.8 Å². The Morgan fingerprint density at radius 3 is 2.87 bits per heavy atom. The molecule has 0 saturated carbocycles. The first-order valence-corrected chi connectivity index (χ1v) is 5.13. The van der Waals surface area contributed by atoms with Gasteiger partial charge in [-0.25, -0.2) is 0 Å². The normalized spacial score (nSPS) is 16.6. The largest absolute Gasteiger partial charge is 0.389 e. The fourth-order valence-corrected chi connectivity index (χ4v) is 1.74. The second-order valence-corrected chi connectivity index (χ2v) is 3.85. The molecule has 15 heavy (non-hydrogen) atoms. The molecule has 0 aliphatic carbocycles. The number of aromatic nitrogens is 2. The summed E-state index contributed by atoms with van der Waals surface area (Å²) in [6.07, 6.45) is -0.354. The van der Waals surface area contributed by atoms with Crippen LogP contribution in [0.3, 0.4) is 0 Å². The van der Waals surface area contributed by atoms with Crippen molar-refractivity contribution in [1.82, 2.24) is 14.7 Å². The van der Waals surface area contributed by atoms with Crippen molar-refractivity contribution >= 4 is 5.91 Å². The lowest BCUT2D eigenvalue weighted by Gasteiger charge is -2.35. The van der Waals surface area contributed by atoms with Crippen molar-refractivity contribution in [2.24, 2.45) is 0 Å². The van der Waals surface area contributed by atoms with Gasteiger partial charge in [0.05, 0.1) is 11.8 Å². The molecule has 1 amide bonds. The number of rotatable bonds is 2. The van der Waals surface area contributed by atoms with Gasteiger partial charge >= 0.3 is 0 Å². The molecular formula is C10H15N3O2. The molecule has 0 radical (unpaired) electrons. The van der Waals surface area contributed by atoms with Crippen LogP contribution in [0.2, 0.25) is 0 Å². The highest BCUT2D eigenvalue weighted by atomic mass is 16.3. The van der Waals surface area contributed by atoms with Crippen LogP contribution in [-0.4, -0.2) is 44.9 Å². The molecule has 2 heterocycles. The Kier molecular flexibility index (Phi) is 2.48. The summed E-state index contributed by atoms with van der Waals surface area (Å²) in [6.45, 7) is 5.38. The lowest BCUT2D eigenvalue weighted by molar-refractivity contribution is 0.00510. The van der Waals surface area contributed by atoms with E-state index >= 15 is 0 Å². The molecule has 5 nitrogen and oxygen atoms in total. The summed E-state index contributed by atoms with van der Waals surface area (Å²) >= 11 is 0. The summed E-state index contributed by atoms with van der Waals surface area (Å²) in [7, 11) is 0. The fraction of sp³-hybridized carbons (Fsp3) is 0.600. The van der Waals surface area contributed by atoms with E-state index in [0.29, 0.717) is 25.3 Å². The number of hydrogen-bond acceptors (Lipinski definition) is 3. The SMILES string of the molecule is CCn1nc(C)cc1C(=O)N1CC(O)C1. The number of amides is 1. The summed E-state index contributed by atoms with van der Waals surface area (Å²) < 4.78 is 1.70. The zero-order chi connectivity index (χ0) is 11.0. The van der Waals surface area contributed by atoms with E-state index in [2.05, 4.69) is 5.10 Å². The molecule has 0 atom stereocenters. The maximum absolute atomic E-state index is 11.9. The van der Waals surface area contributed by atoms with E-state index in [1.165, 1.54) is 0 Å². The van der Waals surface area contributed by atoms with Crippen molar-refractivity contribution in [1.29, 1.82) is 0 Å². The molecular weight excluding hydrogens is 194 g/mol. The van der Waals surface area contributed by atoms with E-state index in [-0.39, 0.29) is 12.0 Å². The number of aliphatic hydroxyl groups excluding tert-OH is 1. The summed E-state index contributed by atoms with van der Waals surface area (Å²) in [6, 6.07) is 1.79. The van der Waals surface area contributed by atoms with Gasteiger partial charge in [-0.1, -0.05) is 0 Å². The number of likely N-dealkylation sites (tertiary alicyclic amines) is 1. The molecule has 1 aromatic rings. The molecule has 1 aromatic heterocycles. The van der Waals surface area contributed by atoms with E-state index in [1.54, 1.807) is 15.6 Å². The van der Waals surface area contributed by atoms with Crippen molar-refractivity contribution < 1.29 is 9.90 Å². The second kappa shape index (κ2) is 3.66. The fourth-order valence-electron chi connectivity index (χ4n) is 1.74. The van der Waals surface area contributed by atoms with Gasteiger partial charge < -0.3 is 10.0 Å². The van der Waals surface area contributed by atoms with Crippen molar-refractivity contribution in [3.05, 3.63) is 17.5 Å². The zero-order valence-electron chi connectivity index (χ0n) is 8.97. The van der Waals surface area contributed by atoms with Crippen LogP contribution in [0.4, 0.5) is 0 Å². The number of hydrogen-bond donors (Lipinski definition) is 1. The van der Waals surface area contributed by atoms with Crippen LogP contribution < -0.4 is 0 Å². The highest BCUT2D eigenvalue weighted by Crippen LogP contribution is 2.14. The maximum atomic E-state index is 11.9. The predicted octanol–water partition coefficient (Wildman–Crippen LogP) is 0.0281. The van der Waals surface area contributed by atoms with Crippen LogP contribution >= 0.6 is 0 Å². The van der Waals surface area contributed by atoms with E-state index in [9.17, 15) is 4.79 Å². The topological polar surface area (TPSA) is 58.4 Å². The monoisotopic (exact) mass is 209 g/mol. The molecule has 0 spiro atoms. The predicted molar refractivity (Wildman–Crippen MR) is 54.5 cm³/mol. The van der Waals surface area contributed by atoms with Gasteiger partial charge in [0.2, 0.25) is 0 Å². The van der Waals surface area contributed by atoms with Gasteiger partial charge in [0.15, 0.2) is 0 Å². The third-order valence-corrected chi connectivity index (χ3v) is 2.57. The number of carbonyl (C=O) groups excluding carboxylic acids is 1. The summed E-state index contributed by atoms with van der Waals surface area (Å²) in [4.78, 5) is 13.6. The van der Waals surface area contributed by atoms with Crippen molar-refractivity contribution in [2.45, 2.75) is 26.5 Å². The maximum Gasteiger partial charge on any atom is 0.272 e. The van der Waals surface area contributed by atoms with Gasteiger partial charge in [-0.15, -0.1) is 0 Å². The minimum absolute atomic E-state index is 0.0391. The first-order valence-electron chi connectivity index (χ1n) is 5.13. The van der Waals surface area contributed by atoms with Crippen molar-refractivity contribution in [3.63, 3.8) is 0 Å². The Labute approximate surface area is 88.3 Å². The first-order chi connectivity index (χ1) is 7.11. The van der Waals surface area contributed by atoms with Gasteiger partial charge in [-0.2, -0.15) is 5.10 Å². The second-order valence-electron chi connectivity index (χ2n) is 3.85. The average molecular weight is 209 g/mol. The van der Waals surface area contributed by atoms with Gasteiger partial charge in [0, 0.05) is 19.6 Å². The van der Waals surface area contributed by atoms with Gasteiger partial charge in [0.25, 0.3) is 5.91 Å². The van der Waals surface area contributed by atoms with Gasteiger partial charge in [0.1, 0.15) is 5.69 Å². The Bertz CT molecular complexity index is 380. The molecule has 1 saturated heterocycles. The number of carbonyl (C=O) groups is 1. The quantitative estimate of drug-likeness (QED) is 0.747. The third-order valence-electron chi connectivity index (χ3n) is 2.57. The summed E-state index contributed by atoms with van der Waals surface area (Å²) in [5, 5.41) is 13.3. The Balaban J connectivity index is 2.17. The van der Waals surface area contributed by atoms with E-state index < -0.39 is 0 Å². The van der Waals surface area contributed by atoms with Gasteiger partial charge in [-0.3, -0.25) is 9.48 Å². The minimum Gasteiger partial charge on any atom is -0.389 e. The summed E-state index contributed by atoms with van der Waals surface area (Å²) in [5.74, 6) is -0.0391. The molecule has 1 aliphatic rings. The molecule has 2 rings (SSSR count). The summed E-state index contributed by atoms with van der Waals surface area (Å²) in [5.41, 5.74) is 1.46. The Morgan fingerprint density at radius 2 is 2.33 bits per heavy atom. The third kappa shape index (κ3) is 1.74. The van der Waals surface area contributed by atoms with Crippen LogP contribution in [-0.2, 0) is 6.54 Å². The Hall–Kier alpha value is -1.36. The van der Waals surface area contributed by atoms with Crippen LogP contribution in [0.25, 0.3) is 0 Å². The standard InChI is InChI=1S/C10H15N3O2/c1-3-13-9(4-7(2)11-13)10(15)12-5-8(14)6-12/h4,8,14H,3,5-6H2,1-2H3. The molecule has 1 fully saturated rings. The molecule has 1 aliphatic heterocycles. The van der Waals surface area contributed by atoms with E-state index in [0.717, 1.165) is 5.69 Å². The molecule has 82 valence electrons. The highest BCUT2D eigenvalue weighted by Gasteiger charge is 2.31. The molecule has 0 aromatic carbocycles. The molecule has 1 N–H and O–H groups in total. The number of β-amino-alcohol motifs (C(OH)–C–C–N with tert-alkyl or cyclic N) is 1. The Morgan fingerprint density at radius 1 is 1.67 bits per heavy atom. The first kappa shape index (κ1) is 10.2. The minimum atomic E-state index is -0.354. The van der Waals surface area contributed by atoms with E-state index in [4.69, 9.17) is 5.11 Å². The highest BCUT2D eigenvalue weighted by molar-refractivity contribution is 5.93. The molecule has 5 heteroatoms. The smallest absolute Gasteiger partial charge is 0.272 e. The van der Waals surface area contributed by atoms with Gasteiger partial charge in [-0.05, 0) is 19.9 Å². The lowest BCUT2D eigenvalue weighted by Crippen LogP contribution is -2.53.